The summed E-state index contributed by atoms with van der Waals surface area (Å²) < 4.78 is 0. The summed E-state index contributed by atoms with van der Waals surface area (Å²) in [5, 5.41) is 19.4. The molecule has 0 saturated carbocycles. The standard InChI is InChI=1S/C10H12N4O4S/c15-9(16)3-7-6-19-2-1-13(7)10-11-4-8(5-12-10)14(17)18/h4-5,7H,1-3,6H2,(H,15,16). The lowest BCUT2D eigenvalue weighted by atomic mass is 10.2. The Labute approximate surface area is 113 Å². The molecule has 2 heterocycles. The lowest BCUT2D eigenvalue weighted by Crippen LogP contribution is -2.44. The number of thioether (sulfide) groups is 1. The van der Waals surface area contributed by atoms with E-state index in [0.717, 1.165) is 18.1 Å². The highest BCUT2D eigenvalue weighted by Gasteiger charge is 2.27. The quantitative estimate of drug-likeness (QED) is 0.638. The van der Waals surface area contributed by atoms with Gasteiger partial charge in [0.25, 0.3) is 0 Å². The molecule has 1 aromatic heterocycles. The predicted molar refractivity (Wildman–Crippen MR) is 69.4 cm³/mol. The van der Waals surface area contributed by atoms with Gasteiger partial charge in [0.15, 0.2) is 0 Å². The average Bonchev–Trinajstić information content (AvgIpc) is 2.39. The number of carboxylic acids is 1. The Hall–Kier alpha value is -1.90. The molecule has 1 aliphatic heterocycles. The highest BCUT2D eigenvalue weighted by Crippen LogP contribution is 2.23. The van der Waals surface area contributed by atoms with Crippen molar-refractivity contribution in [3.05, 3.63) is 22.5 Å². The average molecular weight is 284 g/mol. The summed E-state index contributed by atoms with van der Waals surface area (Å²) in [5.41, 5.74) is -0.176. The van der Waals surface area contributed by atoms with Gasteiger partial charge in [-0.1, -0.05) is 0 Å². The molecule has 0 aliphatic carbocycles. The molecule has 0 amide bonds. The van der Waals surface area contributed by atoms with Crippen molar-refractivity contribution in [2.75, 3.05) is 23.0 Å². The van der Waals surface area contributed by atoms with Gasteiger partial charge in [-0.25, -0.2) is 9.97 Å². The van der Waals surface area contributed by atoms with Gasteiger partial charge in [0, 0.05) is 18.1 Å². The summed E-state index contributed by atoms with van der Waals surface area (Å²) in [6.07, 6.45) is 2.29. The molecule has 0 aromatic carbocycles. The van der Waals surface area contributed by atoms with Crippen molar-refractivity contribution in [2.24, 2.45) is 0 Å². The van der Waals surface area contributed by atoms with Gasteiger partial charge in [0.1, 0.15) is 12.4 Å². The molecule has 1 unspecified atom stereocenters. The molecule has 2 rings (SSSR count). The monoisotopic (exact) mass is 284 g/mol. The van der Waals surface area contributed by atoms with Crippen molar-refractivity contribution < 1.29 is 14.8 Å². The van der Waals surface area contributed by atoms with Gasteiger partial charge in [0.2, 0.25) is 5.95 Å². The van der Waals surface area contributed by atoms with E-state index in [1.165, 1.54) is 0 Å². The van der Waals surface area contributed by atoms with Crippen LogP contribution in [0.4, 0.5) is 11.6 Å². The van der Waals surface area contributed by atoms with E-state index >= 15 is 0 Å². The van der Waals surface area contributed by atoms with Crippen LogP contribution >= 0.6 is 11.8 Å². The number of anilines is 1. The van der Waals surface area contributed by atoms with E-state index in [1.54, 1.807) is 16.7 Å². The van der Waals surface area contributed by atoms with Gasteiger partial charge in [-0.3, -0.25) is 14.9 Å². The maximum atomic E-state index is 10.8. The van der Waals surface area contributed by atoms with E-state index < -0.39 is 10.9 Å². The van der Waals surface area contributed by atoms with E-state index in [2.05, 4.69) is 9.97 Å². The summed E-state index contributed by atoms with van der Waals surface area (Å²) >= 11 is 1.68. The largest absolute Gasteiger partial charge is 0.481 e. The molecule has 1 atom stereocenters. The van der Waals surface area contributed by atoms with Gasteiger partial charge in [0.05, 0.1) is 17.4 Å². The van der Waals surface area contributed by atoms with Crippen LogP contribution in [0.5, 0.6) is 0 Å². The number of hydrogen-bond acceptors (Lipinski definition) is 7. The Balaban J connectivity index is 2.17. The molecule has 1 fully saturated rings. The number of aromatic nitrogens is 2. The molecule has 0 bridgehead atoms. The Morgan fingerprint density at radius 3 is 2.84 bits per heavy atom. The fourth-order valence-corrected chi connectivity index (χ4v) is 2.91. The van der Waals surface area contributed by atoms with E-state index in [1.807, 2.05) is 0 Å². The van der Waals surface area contributed by atoms with Gasteiger partial charge in [-0.2, -0.15) is 11.8 Å². The fraction of sp³-hybridized carbons (Fsp3) is 0.500. The first-order valence-corrected chi connectivity index (χ1v) is 6.76. The molecule has 1 aromatic rings. The van der Waals surface area contributed by atoms with Crippen LogP contribution in [0, 0.1) is 10.1 Å². The van der Waals surface area contributed by atoms with Crippen LogP contribution in [-0.2, 0) is 4.79 Å². The van der Waals surface area contributed by atoms with Crippen LogP contribution in [0.2, 0.25) is 0 Å². The first-order valence-electron chi connectivity index (χ1n) is 5.60. The first-order chi connectivity index (χ1) is 9.08. The minimum atomic E-state index is -0.876. The van der Waals surface area contributed by atoms with Crippen LogP contribution in [0.1, 0.15) is 6.42 Å². The SMILES string of the molecule is O=C(O)CC1CSCCN1c1ncc([N+](=O)[O-])cn1. The zero-order valence-electron chi connectivity index (χ0n) is 9.93. The third-order valence-corrected chi connectivity index (χ3v) is 3.82. The van der Waals surface area contributed by atoms with Crippen LogP contribution in [0.25, 0.3) is 0 Å². The van der Waals surface area contributed by atoms with Gasteiger partial charge >= 0.3 is 11.7 Å². The molecular formula is C10H12N4O4S. The van der Waals surface area contributed by atoms with Crippen molar-refractivity contribution in [1.82, 2.24) is 9.97 Å². The second kappa shape index (κ2) is 5.83. The third kappa shape index (κ3) is 3.31. The fourth-order valence-electron chi connectivity index (χ4n) is 1.85. The van der Waals surface area contributed by atoms with Crippen LogP contribution in [-0.4, -0.2) is 50.1 Å². The minimum Gasteiger partial charge on any atom is -0.481 e. The Morgan fingerprint density at radius 2 is 2.26 bits per heavy atom. The molecule has 102 valence electrons. The summed E-state index contributed by atoms with van der Waals surface area (Å²) in [5.74, 6) is 1.01. The number of aliphatic carboxylic acids is 1. The molecule has 0 spiro atoms. The summed E-state index contributed by atoms with van der Waals surface area (Å²) in [6.45, 7) is 0.639. The molecular weight excluding hydrogens is 272 g/mol. The second-order valence-corrected chi connectivity index (χ2v) is 5.17. The lowest BCUT2D eigenvalue weighted by molar-refractivity contribution is -0.385. The van der Waals surface area contributed by atoms with E-state index in [4.69, 9.17) is 5.11 Å². The van der Waals surface area contributed by atoms with Crippen molar-refractivity contribution in [2.45, 2.75) is 12.5 Å². The number of nitrogens with zero attached hydrogens (tertiary/aromatic N) is 4. The smallest absolute Gasteiger partial charge is 0.305 e. The van der Waals surface area contributed by atoms with E-state index in [9.17, 15) is 14.9 Å². The molecule has 9 heteroatoms. The van der Waals surface area contributed by atoms with Crippen molar-refractivity contribution in [1.29, 1.82) is 0 Å². The normalized spacial score (nSPS) is 19.2. The van der Waals surface area contributed by atoms with Gasteiger partial charge in [-0.15, -0.1) is 0 Å². The maximum absolute atomic E-state index is 10.8. The highest BCUT2D eigenvalue weighted by molar-refractivity contribution is 7.99. The molecule has 1 N–H and O–H groups in total. The molecule has 0 radical (unpaired) electrons. The van der Waals surface area contributed by atoms with Crippen molar-refractivity contribution >= 4 is 29.4 Å². The zero-order valence-corrected chi connectivity index (χ0v) is 10.7. The van der Waals surface area contributed by atoms with Gasteiger partial charge < -0.3 is 10.0 Å². The Morgan fingerprint density at radius 1 is 1.58 bits per heavy atom. The summed E-state index contributed by atoms with van der Waals surface area (Å²) in [6, 6.07) is -0.183. The number of rotatable bonds is 4. The second-order valence-electron chi connectivity index (χ2n) is 4.02. The number of hydrogen-bond donors (Lipinski definition) is 1. The molecule has 1 saturated heterocycles. The van der Waals surface area contributed by atoms with Crippen LogP contribution < -0.4 is 4.90 Å². The van der Waals surface area contributed by atoms with Gasteiger partial charge in [-0.05, 0) is 0 Å². The van der Waals surface area contributed by atoms with E-state index in [0.29, 0.717) is 18.2 Å². The topological polar surface area (TPSA) is 109 Å². The summed E-state index contributed by atoms with van der Waals surface area (Å²) in [7, 11) is 0. The number of nitro groups is 1. The summed E-state index contributed by atoms with van der Waals surface area (Å²) in [4.78, 5) is 30.5. The molecule has 8 nitrogen and oxygen atoms in total. The van der Waals surface area contributed by atoms with Crippen LogP contribution in [0.3, 0.4) is 0 Å². The highest BCUT2D eigenvalue weighted by atomic mass is 32.2. The minimum absolute atomic E-state index is 0.00729. The number of carbonyl (C=O) groups is 1. The van der Waals surface area contributed by atoms with Crippen molar-refractivity contribution in [3.63, 3.8) is 0 Å². The Kier molecular flexibility index (Phi) is 4.15. The van der Waals surface area contributed by atoms with Crippen LogP contribution in [0.15, 0.2) is 12.4 Å². The predicted octanol–water partition coefficient (Wildman–Crippen LogP) is 0.781. The first kappa shape index (κ1) is 13.5. The maximum Gasteiger partial charge on any atom is 0.305 e. The van der Waals surface area contributed by atoms with Crippen molar-refractivity contribution in [3.8, 4) is 0 Å². The zero-order chi connectivity index (χ0) is 13.8. The number of carboxylic acid groups (broad SMARTS) is 1. The Bertz CT molecular complexity index is 481. The lowest BCUT2D eigenvalue weighted by Gasteiger charge is -2.34. The van der Waals surface area contributed by atoms with E-state index in [-0.39, 0.29) is 18.2 Å². The molecule has 1 aliphatic rings. The third-order valence-electron chi connectivity index (χ3n) is 2.73. The molecule has 19 heavy (non-hydrogen) atoms.